The highest BCUT2D eigenvalue weighted by Gasteiger charge is 2.10. The third-order valence-electron chi connectivity index (χ3n) is 3.05. The number of methoxy groups -OCH3 is 1. The van der Waals surface area contributed by atoms with Crippen LogP contribution in [0.25, 0.3) is 10.9 Å². The van der Waals surface area contributed by atoms with Crippen molar-refractivity contribution >= 4 is 22.5 Å². The van der Waals surface area contributed by atoms with Crippen molar-refractivity contribution in [2.45, 2.75) is 13.3 Å². The van der Waals surface area contributed by atoms with Crippen LogP contribution in [0.5, 0.6) is 5.75 Å². The molecule has 1 aromatic heterocycles. The summed E-state index contributed by atoms with van der Waals surface area (Å²) in [5.41, 5.74) is 3.07. The van der Waals surface area contributed by atoms with Crippen molar-refractivity contribution in [3.8, 4) is 5.75 Å². The minimum Gasteiger partial charge on any atom is -0.494 e. The van der Waals surface area contributed by atoms with Gasteiger partial charge in [-0.3, -0.25) is 0 Å². The molecule has 96 valence electrons. The summed E-state index contributed by atoms with van der Waals surface area (Å²) in [6.07, 6.45) is 0.943. The molecule has 3 nitrogen and oxygen atoms in total. The molecule has 2 aromatic rings. The summed E-state index contributed by atoms with van der Waals surface area (Å²) in [6, 6.07) is 5.81. The topological polar surface area (TPSA) is 34.1 Å². The highest BCUT2D eigenvalue weighted by molar-refractivity contribution is 6.35. The number of halogens is 1. The molecule has 0 saturated heterocycles. The number of fused-ring (bicyclic) bond motifs is 1. The zero-order chi connectivity index (χ0) is 13.1. The number of likely N-dealkylation sites (N-methyl/N-ethyl adjacent to an activating group) is 1. The van der Waals surface area contributed by atoms with Gasteiger partial charge in [0.1, 0.15) is 11.3 Å². The number of pyridine rings is 1. The lowest BCUT2D eigenvalue weighted by Crippen LogP contribution is -2.11. The Morgan fingerprint density at radius 2 is 2.17 bits per heavy atom. The summed E-state index contributed by atoms with van der Waals surface area (Å²) in [4.78, 5) is 4.62. The van der Waals surface area contributed by atoms with Gasteiger partial charge in [-0.2, -0.15) is 0 Å². The third-order valence-corrected chi connectivity index (χ3v) is 3.38. The first-order chi connectivity index (χ1) is 8.67. The molecule has 0 unspecified atom stereocenters. The molecule has 0 atom stereocenters. The van der Waals surface area contributed by atoms with E-state index in [1.165, 1.54) is 5.56 Å². The Hall–Kier alpha value is -1.32. The van der Waals surface area contributed by atoms with Crippen LogP contribution in [0.1, 0.15) is 11.3 Å². The van der Waals surface area contributed by atoms with Gasteiger partial charge in [-0.05, 0) is 50.7 Å². The molecule has 1 N–H and O–H groups in total. The molecule has 0 amide bonds. The predicted octanol–water partition coefficient (Wildman–Crippen LogP) is 2.97. The van der Waals surface area contributed by atoms with Gasteiger partial charge in [-0.15, -0.1) is 0 Å². The maximum Gasteiger partial charge on any atom is 0.145 e. The van der Waals surface area contributed by atoms with Crippen molar-refractivity contribution in [3.63, 3.8) is 0 Å². The van der Waals surface area contributed by atoms with Crippen molar-refractivity contribution in [3.05, 3.63) is 34.5 Å². The Morgan fingerprint density at radius 1 is 1.39 bits per heavy atom. The maximum absolute atomic E-state index is 6.23. The van der Waals surface area contributed by atoms with Crippen molar-refractivity contribution in [2.24, 2.45) is 0 Å². The molecule has 0 bridgehead atoms. The summed E-state index contributed by atoms with van der Waals surface area (Å²) < 4.78 is 5.32. The lowest BCUT2D eigenvalue weighted by molar-refractivity contribution is 0.419. The normalized spacial score (nSPS) is 10.9. The fraction of sp³-hybridized carbons (Fsp3) is 0.357. The van der Waals surface area contributed by atoms with Gasteiger partial charge in [0.15, 0.2) is 0 Å². The standard InChI is InChI=1S/C14H17ClN2O/c1-9-10(6-7-16-2)8-11-12(15)4-5-13(18-3)14(11)17-9/h4-5,8,16H,6-7H2,1-3H3. The highest BCUT2D eigenvalue weighted by Crippen LogP contribution is 2.31. The molecule has 18 heavy (non-hydrogen) atoms. The van der Waals surface area contributed by atoms with E-state index in [9.17, 15) is 0 Å². The quantitative estimate of drug-likeness (QED) is 0.922. The second kappa shape index (κ2) is 5.55. The van der Waals surface area contributed by atoms with Crippen LogP contribution in [0.3, 0.4) is 0 Å². The number of hydrogen-bond acceptors (Lipinski definition) is 3. The van der Waals surface area contributed by atoms with E-state index < -0.39 is 0 Å². The first-order valence-corrected chi connectivity index (χ1v) is 6.32. The van der Waals surface area contributed by atoms with Gasteiger partial charge < -0.3 is 10.1 Å². The van der Waals surface area contributed by atoms with E-state index in [4.69, 9.17) is 16.3 Å². The van der Waals surface area contributed by atoms with Crippen LogP contribution in [-0.2, 0) is 6.42 Å². The fourth-order valence-electron chi connectivity index (χ4n) is 2.01. The number of nitrogens with one attached hydrogen (secondary N) is 1. The predicted molar refractivity (Wildman–Crippen MR) is 75.7 cm³/mol. The van der Waals surface area contributed by atoms with Crippen LogP contribution < -0.4 is 10.1 Å². The van der Waals surface area contributed by atoms with Gasteiger partial charge in [0.05, 0.1) is 12.1 Å². The molecular weight excluding hydrogens is 248 g/mol. The van der Waals surface area contributed by atoms with Crippen molar-refractivity contribution in [1.82, 2.24) is 10.3 Å². The number of aromatic nitrogens is 1. The Bertz CT molecular complexity index is 569. The molecular formula is C14H17ClN2O. The van der Waals surface area contributed by atoms with E-state index in [2.05, 4.69) is 16.4 Å². The van der Waals surface area contributed by atoms with Gasteiger partial charge in [0.25, 0.3) is 0 Å². The summed E-state index contributed by atoms with van der Waals surface area (Å²) in [6.45, 7) is 2.94. The van der Waals surface area contributed by atoms with E-state index >= 15 is 0 Å². The molecule has 0 aliphatic carbocycles. The second-order valence-electron chi connectivity index (χ2n) is 4.23. The number of ether oxygens (including phenoxy) is 1. The average molecular weight is 265 g/mol. The fourth-order valence-corrected chi connectivity index (χ4v) is 2.22. The van der Waals surface area contributed by atoms with Gasteiger partial charge >= 0.3 is 0 Å². The van der Waals surface area contributed by atoms with Crippen molar-refractivity contribution in [2.75, 3.05) is 20.7 Å². The van der Waals surface area contributed by atoms with E-state index in [-0.39, 0.29) is 0 Å². The van der Waals surface area contributed by atoms with E-state index in [1.54, 1.807) is 7.11 Å². The summed E-state index contributed by atoms with van der Waals surface area (Å²) in [5, 5.41) is 4.81. The van der Waals surface area contributed by atoms with Crippen molar-refractivity contribution < 1.29 is 4.74 Å². The summed E-state index contributed by atoms with van der Waals surface area (Å²) in [5.74, 6) is 0.762. The van der Waals surface area contributed by atoms with Gasteiger partial charge in [0, 0.05) is 11.1 Å². The Labute approximate surface area is 112 Å². The zero-order valence-corrected chi connectivity index (χ0v) is 11.6. The Morgan fingerprint density at radius 3 is 2.83 bits per heavy atom. The van der Waals surface area contributed by atoms with E-state index in [0.29, 0.717) is 5.02 Å². The minimum atomic E-state index is 0.712. The van der Waals surface area contributed by atoms with Crippen molar-refractivity contribution in [1.29, 1.82) is 0 Å². The highest BCUT2D eigenvalue weighted by atomic mass is 35.5. The number of nitrogens with zero attached hydrogens (tertiary/aromatic N) is 1. The van der Waals surface area contributed by atoms with Crippen LogP contribution in [0, 0.1) is 6.92 Å². The molecule has 0 saturated carbocycles. The molecule has 1 heterocycles. The Balaban J connectivity index is 2.59. The second-order valence-corrected chi connectivity index (χ2v) is 4.64. The van der Waals surface area contributed by atoms with Crippen LogP contribution in [0.15, 0.2) is 18.2 Å². The van der Waals surface area contributed by atoms with E-state index in [1.807, 2.05) is 26.1 Å². The van der Waals surface area contributed by atoms with Crippen LogP contribution in [0.4, 0.5) is 0 Å². The molecule has 0 radical (unpaired) electrons. The largest absolute Gasteiger partial charge is 0.494 e. The molecule has 4 heteroatoms. The molecule has 0 spiro atoms. The summed E-state index contributed by atoms with van der Waals surface area (Å²) >= 11 is 6.23. The molecule has 0 aliphatic rings. The Kier molecular flexibility index (Phi) is 4.04. The number of rotatable bonds is 4. The lowest BCUT2D eigenvalue weighted by atomic mass is 10.1. The maximum atomic E-state index is 6.23. The van der Waals surface area contributed by atoms with Gasteiger partial charge in [-0.1, -0.05) is 11.6 Å². The van der Waals surface area contributed by atoms with Crippen LogP contribution >= 0.6 is 11.6 Å². The van der Waals surface area contributed by atoms with Gasteiger partial charge in [0.2, 0.25) is 0 Å². The van der Waals surface area contributed by atoms with Crippen LogP contribution in [0.2, 0.25) is 5.02 Å². The number of aryl methyl sites for hydroxylation is 1. The van der Waals surface area contributed by atoms with Gasteiger partial charge in [-0.25, -0.2) is 4.98 Å². The van der Waals surface area contributed by atoms with E-state index in [0.717, 1.165) is 35.3 Å². The number of benzene rings is 1. The molecule has 0 fully saturated rings. The number of hydrogen-bond donors (Lipinski definition) is 1. The smallest absolute Gasteiger partial charge is 0.145 e. The lowest BCUT2D eigenvalue weighted by Gasteiger charge is -2.11. The first kappa shape index (κ1) is 13.1. The SMILES string of the molecule is CNCCc1cc2c(Cl)ccc(OC)c2nc1C. The first-order valence-electron chi connectivity index (χ1n) is 5.94. The zero-order valence-electron chi connectivity index (χ0n) is 10.9. The minimum absolute atomic E-state index is 0.712. The summed E-state index contributed by atoms with van der Waals surface area (Å²) in [7, 11) is 3.59. The monoisotopic (exact) mass is 264 g/mol. The molecule has 1 aromatic carbocycles. The third kappa shape index (κ3) is 2.42. The average Bonchev–Trinajstić information content (AvgIpc) is 2.37. The molecule has 0 aliphatic heterocycles. The van der Waals surface area contributed by atoms with Crippen LogP contribution in [-0.4, -0.2) is 25.7 Å². The molecule has 2 rings (SSSR count).